The van der Waals surface area contributed by atoms with E-state index >= 15 is 0 Å². The van der Waals surface area contributed by atoms with Gasteiger partial charge in [0.2, 0.25) is 5.91 Å². The molecule has 0 aromatic heterocycles. The number of hydrogen-bond acceptors (Lipinski definition) is 4. The molecule has 6 nitrogen and oxygen atoms in total. The molecule has 0 unspecified atom stereocenters. The highest BCUT2D eigenvalue weighted by atomic mass is 16.5. The molecule has 4 rings (SSSR count). The number of unbranched alkanes of at least 4 members (excludes halogenated alkanes) is 1. The second kappa shape index (κ2) is 10.5. The molecule has 1 heterocycles. The third kappa shape index (κ3) is 5.42. The zero-order chi connectivity index (χ0) is 22.3. The largest absolute Gasteiger partial charge is 0.493 e. The lowest BCUT2D eigenvalue weighted by Gasteiger charge is -2.30. The maximum Gasteiger partial charge on any atom is 0.265 e. The van der Waals surface area contributed by atoms with Gasteiger partial charge in [0.05, 0.1) is 12.3 Å². The molecule has 0 atom stereocenters. The van der Waals surface area contributed by atoms with Crippen LogP contribution in [-0.4, -0.2) is 31.6 Å². The van der Waals surface area contributed by atoms with Crippen LogP contribution in [0.3, 0.4) is 0 Å². The van der Waals surface area contributed by atoms with Crippen LogP contribution in [0.25, 0.3) is 0 Å². The molecule has 32 heavy (non-hydrogen) atoms. The molecule has 1 N–H and O–H groups in total. The highest BCUT2D eigenvalue weighted by Crippen LogP contribution is 2.35. The van der Waals surface area contributed by atoms with Gasteiger partial charge in [0.25, 0.3) is 5.91 Å². The lowest BCUT2D eigenvalue weighted by atomic mass is 9.88. The fourth-order valence-corrected chi connectivity index (χ4v) is 4.41. The first kappa shape index (κ1) is 22.2. The Bertz CT molecular complexity index is 953. The summed E-state index contributed by atoms with van der Waals surface area (Å²) in [5.41, 5.74) is 2.56. The predicted molar refractivity (Wildman–Crippen MR) is 125 cm³/mol. The number of para-hydroxylation sites is 1. The molecule has 2 aliphatic rings. The lowest BCUT2D eigenvalue weighted by Crippen LogP contribution is -2.39. The molecule has 0 spiro atoms. The van der Waals surface area contributed by atoms with Gasteiger partial charge in [-0.25, -0.2) is 0 Å². The summed E-state index contributed by atoms with van der Waals surface area (Å²) in [7, 11) is 0. The van der Waals surface area contributed by atoms with Crippen molar-refractivity contribution in [3.63, 3.8) is 0 Å². The quantitative estimate of drug-likeness (QED) is 0.585. The molecule has 2 aromatic carbocycles. The fraction of sp³-hybridized carbons (Fsp3) is 0.462. The van der Waals surface area contributed by atoms with Crippen molar-refractivity contribution in [3.8, 4) is 11.5 Å². The number of anilines is 2. The number of nitrogens with one attached hydrogen (secondary N) is 1. The minimum atomic E-state index is -0.0620. The number of fused-ring (bicyclic) bond motifs is 1. The highest BCUT2D eigenvalue weighted by Gasteiger charge is 2.26. The number of hydrogen-bond donors (Lipinski definition) is 1. The van der Waals surface area contributed by atoms with Crippen LogP contribution in [0.2, 0.25) is 0 Å². The van der Waals surface area contributed by atoms with E-state index in [1.54, 1.807) is 4.90 Å². The number of ether oxygens (including phenoxy) is 2. The van der Waals surface area contributed by atoms with E-state index in [0.717, 1.165) is 55.5 Å². The number of carbonyl (C=O) groups excluding carboxylic acids is 2. The van der Waals surface area contributed by atoms with Gasteiger partial charge >= 0.3 is 0 Å². The number of benzene rings is 2. The van der Waals surface area contributed by atoms with Gasteiger partial charge < -0.3 is 19.7 Å². The molecule has 0 bridgehead atoms. The third-order valence-electron chi connectivity index (χ3n) is 6.27. The topological polar surface area (TPSA) is 67.9 Å². The monoisotopic (exact) mass is 436 g/mol. The maximum absolute atomic E-state index is 12.6. The van der Waals surface area contributed by atoms with Gasteiger partial charge in [0.15, 0.2) is 6.61 Å². The van der Waals surface area contributed by atoms with Crippen molar-refractivity contribution in [2.75, 3.05) is 30.0 Å². The highest BCUT2D eigenvalue weighted by molar-refractivity contribution is 5.99. The van der Waals surface area contributed by atoms with Crippen molar-refractivity contribution in [2.24, 2.45) is 5.92 Å². The van der Waals surface area contributed by atoms with Crippen LogP contribution in [0.15, 0.2) is 42.5 Å². The Labute approximate surface area is 189 Å². The van der Waals surface area contributed by atoms with Crippen molar-refractivity contribution < 1.29 is 19.1 Å². The SMILES string of the molecule is Cc1ccccc1OCCCCN1C(=O)COc2ccc(NC(=O)C3CCCCC3)cc21. The Kier molecular flexibility index (Phi) is 7.30. The van der Waals surface area contributed by atoms with Crippen LogP contribution in [-0.2, 0) is 9.59 Å². The predicted octanol–water partition coefficient (Wildman–Crippen LogP) is 5.10. The van der Waals surface area contributed by atoms with Gasteiger partial charge in [0, 0.05) is 18.2 Å². The summed E-state index contributed by atoms with van der Waals surface area (Å²) in [6.07, 6.45) is 7.01. The minimum Gasteiger partial charge on any atom is -0.493 e. The van der Waals surface area contributed by atoms with Crippen LogP contribution in [0.5, 0.6) is 11.5 Å². The van der Waals surface area contributed by atoms with Gasteiger partial charge in [-0.15, -0.1) is 0 Å². The van der Waals surface area contributed by atoms with E-state index in [2.05, 4.69) is 5.32 Å². The summed E-state index contributed by atoms with van der Waals surface area (Å²) in [6, 6.07) is 13.5. The maximum atomic E-state index is 12.6. The average molecular weight is 437 g/mol. The molecule has 6 heteroatoms. The molecule has 2 aromatic rings. The Morgan fingerprint density at radius 1 is 1.12 bits per heavy atom. The first-order valence-electron chi connectivity index (χ1n) is 11.7. The molecule has 170 valence electrons. The van der Waals surface area contributed by atoms with Crippen LogP contribution >= 0.6 is 0 Å². The summed E-state index contributed by atoms with van der Waals surface area (Å²) in [5, 5.41) is 3.04. The van der Waals surface area contributed by atoms with E-state index < -0.39 is 0 Å². The second-order valence-corrected chi connectivity index (χ2v) is 8.66. The van der Waals surface area contributed by atoms with Gasteiger partial charge in [-0.05, 0) is 62.4 Å². The number of nitrogens with zero attached hydrogens (tertiary/aromatic N) is 1. The second-order valence-electron chi connectivity index (χ2n) is 8.66. The Balaban J connectivity index is 1.34. The number of aryl methyl sites for hydroxylation is 1. The van der Waals surface area contributed by atoms with E-state index in [9.17, 15) is 9.59 Å². The standard InChI is InChI=1S/C26H32N2O4/c1-19-9-5-6-12-23(19)31-16-8-7-15-28-22-17-21(13-14-24(22)32-18-25(28)29)27-26(30)20-10-3-2-4-11-20/h5-6,9,12-14,17,20H,2-4,7-8,10-11,15-16,18H2,1H3,(H,27,30). The molecule has 0 saturated heterocycles. The van der Waals surface area contributed by atoms with Crippen molar-refractivity contribution >= 4 is 23.2 Å². The van der Waals surface area contributed by atoms with E-state index in [1.165, 1.54) is 6.42 Å². The zero-order valence-corrected chi connectivity index (χ0v) is 18.8. The lowest BCUT2D eigenvalue weighted by molar-refractivity contribution is -0.121. The van der Waals surface area contributed by atoms with Gasteiger partial charge in [-0.3, -0.25) is 9.59 Å². The molecule has 1 saturated carbocycles. The van der Waals surface area contributed by atoms with Crippen molar-refractivity contribution in [3.05, 3.63) is 48.0 Å². The summed E-state index contributed by atoms with van der Waals surface area (Å²) >= 11 is 0. The first-order valence-corrected chi connectivity index (χ1v) is 11.7. The summed E-state index contributed by atoms with van der Waals surface area (Å²) in [5.74, 6) is 1.68. The normalized spacial score (nSPS) is 16.3. The number of amides is 2. The average Bonchev–Trinajstić information content (AvgIpc) is 2.82. The van der Waals surface area contributed by atoms with Crippen LogP contribution < -0.4 is 19.7 Å². The van der Waals surface area contributed by atoms with Crippen LogP contribution in [0.4, 0.5) is 11.4 Å². The molecular weight excluding hydrogens is 404 g/mol. The number of carbonyl (C=O) groups is 2. The van der Waals surface area contributed by atoms with E-state index in [4.69, 9.17) is 9.47 Å². The van der Waals surface area contributed by atoms with Crippen LogP contribution in [0, 0.1) is 12.8 Å². The van der Waals surface area contributed by atoms with Crippen LogP contribution in [0.1, 0.15) is 50.5 Å². The minimum absolute atomic E-state index is 0.0422. The van der Waals surface area contributed by atoms with Crippen molar-refractivity contribution in [2.45, 2.75) is 51.9 Å². The van der Waals surface area contributed by atoms with E-state index in [1.807, 2.05) is 49.4 Å². The smallest absolute Gasteiger partial charge is 0.265 e. The Hall–Kier alpha value is -3.02. The molecule has 0 radical (unpaired) electrons. The van der Waals surface area contributed by atoms with Crippen molar-refractivity contribution in [1.29, 1.82) is 0 Å². The number of rotatable bonds is 8. The molecule has 2 amide bonds. The van der Waals surface area contributed by atoms with Gasteiger partial charge in [-0.1, -0.05) is 37.5 Å². The first-order chi connectivity index (χ1) is 15.6. The Morgan fingerprint density at radius 2 is 1.94 bits per heavy atom. The Morgan fingerprint density at radius 3 is 2.75 bits per heavy atom. The fourth-order valence-electron chi connectivity index (χ4n) is 4.41. The van der Waals surface area contributed by atoms with Crippen molar-refractivity contribution in [1.82, 2.24) is 0 Å². The van der Waals surface area contributed by atoms with Gasteiger partial charge in [0.1, 0.15) is 11.5 Å². The van der Waals surface area contributed by atoms with E-state index in [-0.39, 0.29) is 24.3 Å². The van der Waals surface area contributed by atoms with Gasteiger partial charge in [-0.2, -0.15) is 0 Å². The molecule has 1 aliphatic heterocycles. The third-order valence-corrected chi connectivity index (χ3v) is 6.27. The molecular formula is C26H32N2O4. The molecule has 1 aliphatic carbocycles. The summed E-state index contributed by atoms with van der Waals surface area (Å²) in [4.78, 5) is 26.9. The van der Waals surface area contributed by atoms with E-state index in [0.29, 0.717) is 24.6 Å². The summed E-state index contributed by atoms with van der Waals surface area (Å²) in [6.45, 7) is 3.27. The molecule has 1 fully saturated rings. The zero-order valence-electron chi connectivity index (χ0n) is 18.8. The summed E-state index contributed by atoms with van der Waals surface area (Å²) < 4.78 is 11.5.